The molecule has 12 heteroatoms. The Balaban J connectivity index is 5.08. The molecule has 0 fully saturated rings. The van der Waals surface area contributed by atoms with Crippen LogP contribution in [0, 0.1) is 0 Å². The van der Waals surface area contributed by atoms with Crippen LogP contribution < -0.4 is 0 Å². The van der Waals surface area contributed by atoms with Gasteiger partial charge >= 0.3 is 15.6 Å². The minimum absolute atomic E-state index is 0.731. The largest absolute Gasteiger partial charge is 0.523 e. The van der Waals surface area contributed by atoms with Crippen molar-refractivity contribution >= 4 is 49.3 Å². The van der Waals surface area contributed by atoms with E-state index in [-0.39, 0.29) is 0 Å². The lowest BCUT2D eigenvalue weighted by atomic mass is 9.28. The zero-order valence-corrected chi connectivity index (χ0v) is 10.1. The second-order valence-corrected chi connectivity index (χ2v) is 6.28. The molecule has 0 aromatic rings. The molecule has 0 saturated carbocycles. The summed E-state index contributed by atoms with van der Waals surface area (Å²) < 4.78 is 61.9. The zero-order valence-electron chi connectivity index (χ0n) is 9.27. The fraction of sp³-hybridized carbons (Fsp3) is 1.00. The predicted octanol–water partition coefficient (Wildman–Crippen LogP) is -4.25. The van der Waals surface area contributed by atoms with Crippen molar-refractivity contribution in [2.75, 3.05) is 0 Å². The zero-order chi connectivity index (χ0) is 12.7. The van der Waals surface area contributed by atoms with E-state index in [0.717, 1.165) is 0 Å². The van der Waals surface area contributed by atoms with E-state index in [1.165, 1.54) is 15.7 Å². The maximum Gasteiger partial charge on any atom is 0.523 e. The molecule has 0 aliphatic heterocycles. The molecule has 0 aromatic carbocycles. The molecule has 82 valence electrons. The Morgan fingerprint density at radius 2 is 1.27 bits per heavy atom. The average Bonchev–Trinajstić information content (AvgIpc) is 1.77. The van der Waals surface area contributed by atoms with Crippen LogP contribution in [0.3, 0.4) is 0 Å². The van der Waals surface area contributed by atoms with Crippen molar-refractivity contribution in [3.05, 3.63) is 0 Å². The number of hydrogen-bond acceptors (Lipinski definition) is 3. The van der Waals surface area contributed by atoms with Crippen LogP contribution in [0.4, 0.5) is 13.2 Å². The quantitative estimate of drug-likeness (QED) is 0.284. The first-order valence-corrected chi connectivity index (χ1v) is 5.63. The lowest BCUT2D eigenvalue weighted by Crippen LogP contribution is -2.51. The summed E-state index contributed by atoms with van der Waals surface area (Å²) in [5.74, 6) is 0. The highest BCUT2D eigenvalue weighted by Crippen LogP contribution is 2.33. The Kier molecular flexibility index (Phi) is 3.81. The Hall–Kier alpha value is 0.0247. The maximum atomic E-state index is 12.0. The molecule has 0 N–H and O–H groups in total. The first-order valence-electron chi connectivity index (χ1n) is 4.23. The number of rotatable bonds is 3. The van der Waals surface area contributed by atoms with Gasteiger partial charge in [-0.15, -0.1) is 0 Å². The van der Waals surface area contributed by atoms with Crippen LogP contribution in [0.2, 0.25) is 5.11 Å². The van der Waals surface area contributed by atoms with Crippen molar-refractivity contribution in [3.63, 3.8) is 0 Å². The fourth-order valence-corrected chi connectivity index (χ4v) is 1.34. The first kappa shape index (κ1) is 15.0. The van der Waals surface area contributed by atoms with E-state index >= 15 is 0 Å². The number of alkyl halides is 3. The molecule has 0 bridgehead atoms. The maximum absolute atomic E-state index is 12.0. The van der Waals surface area contributed by atoms with Gasteiger partial charge in [0.1, 0.15) is 15.7 Å². The van der Waals surface area contributed by atoms with E-state index in [1.807, 2.05) is 0 Å². The van der Waals surface area contributed by atoms with Gasteiger partial charge in [0, 0.05) is 5.40 Å². The van der Waals surface area contributed by atoms with Crippen molar-refractivity contribution in [1.82, 2.24) is 0 Å². The predicted molar refractivity (Wildman–Crippen MR) is 64.2 cm³/mol. The summed E-state index contributed by atoms with van der Waals surface area (Å²) in [7, 11) is 1.85. The van der Waals surface area contributed by atoms with Gasteiger partial charge in [-0.05, 0) is 0 Å². The van der Waals surface area contributed by atoms with Crippen LogP contribution in [-0.4, -0.2) is 58.6 Å². The van der Waals surface area contributed by atoms with Crippen molar-refractivity contribution in [1.29, 1.82) is 0 Å². The van der Waals surface area contributed by atoms with Gasteiger partial charge in [-0.1, -0.05) is 5.11 Å². The van der Waals surface area contributed by atoms with Crippen molar-refractivity contribution < 1.29 is 25.8 Å². The summed E-state index contributed by atoms with van der Waals surface area (Å²) >= 11 is 0. The number of halogens is 3. The third kappa shape index (κ3) is 3.51. The Labute approximate surface area is 91.7 Å². The molecule has 0 rings (SSSR count). The normalized spacial score (nSPS) is 15.1. The second-order valence-electron chi connectivity index (χ2n) is 4.74. The van der Waals surface area contributed by atoms with Crippen LogP contribution in [0.25, 0.3) is 0 Å². The molecule has 0 heterocycles. The van der Waals surface area contributed by atoms with E-state index < -0.39 is 26.1 Å². The molecule has 0 saturated heterocycles. The summed E-state index contributed by atoms with van der Waals surface area (Å²) in [6.07, 6.45) is 0. The third-order valence-electron chi connectivity index (χ3n) is 2.41. The summed E-state index contributed by atoms with van der Waals surface area (Å²) in [5, 5.41) is -2.16. The SMILES string of the molecule is BC(B)(B)C(B)(B)OS(=O)(=O)C(F)(F)F. The molecular formula is C3H10B5F3O3S. The van der Waals surface area contributed by atoms with Gasteiger partial charge in [0.05, 0.1) is 23.5 Å². The second kappa shape index (κ2) is 3.80. The minimum Gasteiger partial charge on any atom is -0.276 e. The Bertz CT molecular complexity index is 330. The van der Waals surface area contributed by atoms with E-state index in [9.17, 15) is 21.6 Å². The summed E-state index contributed by atoms with van der Waals surface area (Å²) in [4.78, 5) is 0. The molecule has 0 aliphatic carbocycles. The van der Waals surface area contributed by atoms with Crippen LogP contribution in [-0.2, 0) is 14.3 Å². The van der Waals surface area contributed by atoms with Gasteiger partial charge in [-0.3, -0.25) is 4.18 Å². The van der Waals surface area contributed by atoms with Gasteiger partial charge in [-0.25, -0.2) is 0 Å². The van der Waals surface area contributed by atoms with Crippen LogP contribution in [0.15, 0.2) is 0 Å². The van der Waals surface area contributed by atoms with Crippen LogP contribution in [0.1, 0.15) is 0 Å². The highest BCUT2D eigenvalue weighted by Gasteiger charge is 2.51. The lowest BCUT2D eigenvalue weighted by Gasteiger charge is -2.38. The minimum atomic E-state index is -5.54. The third-order valence-corrected chi connectivity index (χ3v) is 3.61. The topological polar surface area (TPSA) is 43.4 Å². The Morgan fingerprint density at radius 1 is 0.933 bits per heavy atom. The van der Waals surface area contributed by atoms with Crippen molar-refractivity contribution in [3.8, 4) is 0 Å². The molecule has 3 nitrogen and oxygen atoms in total. The number of hydrogen-bond donors (Lipinski definition) is 0. The monoisotopic (exact) mass is 238 g/mol. The Morgan fingerprint density at radius 3 is 1.47 bits per heavy atom. The van der Waals surface area contributed by atoms with Gasteiger partial charge in [0.25, 0.3) is 0 Å². The first-order chi connectivity index (χ1) is 6.21. The molecule has 0 aliphatic rings. The molecule has 0 spiro atoms. The smallest absolute Gasteiger partial charge is 0.276 e. The highest BCUT2D eigenvalue weighted by atomic mass is 32.2. The molecule has 15 heavy (non-hydrogen) atoms. The average molecular weight is 237 g/mol. The fourth-order valence-electron chi connectivity index (χ4n) is 0.447. The van der Waals surface area contributed by atoms with E-state index in [2.05, 4.69) is 4.18 Å². The van der Waals surface area contributed by atoms with Crippen LogP contribution >= 0.6 is 0 Å². The summed E-state index contributed by atoms with van der Waals surface area (Å²) in [6, 6.07) is 0. The highest BCUT2D eigenvalue weighted by molar-refractivity contribution is 7.87. The van der Waals surface area contributed by atoms with Gasteiger partial charge < -0.3 is 0 Å². The van der Waals surface area contributed by atoms with Crippen molar-refractivity contribution in [2.24, 2.45) is 0 Å². The van der Waals surface area contributed by atoms with Gasteiger partial charge in [-0.2, -0.15) is 21.6 Å². The summed E-state index contributed by atoms with van der Waals surface area (Å²) in [5.41, 5.74) is -5.38. The molecule has 0 amide bonds. The van der Waals surface area contributed by atoms with E-state index in [1.54, 1.807) is 23.5 Å². The molecular weight excluding hydrogens is 227 g/mol. The van der Waals surface area contributed by atoms with E-state index in [4.69, 9.17) is 0 Å². The molecule has 0 radical (unpaired) electrons. The van der Waals surface area contributed by atoms with Crippen molar-refractivity contribution in [2.45, 2.75) is 16.0 Å². The van der Waals surface area contributed by atoms with Crippen LogP contribution in [0.5, 0.6) is 0 Å². The standard InChI is InChI=1S/C3H10B5F3O3S/c4-1(5,6)2(7,8)14-15(12,13)3(9,10)11/h4-8H2. The molecule has 0 unspecified atom stereocenters. The van der Waals surface area contributed by atoms with Gasteiger partial charge in [0.15, 0.2) is 0 Å². The summed E-state index contributed by atoms with van der Waals surface area (Å²) in [6.45, 7) is 0. The molecule has 0 atom stereocenters. The molecule has 0 aromatic heterocycles. The lowest BCUT2D eigenvalue weighted by molar-refractivity contribution is -0.0563. The van der Waals surface area contributed by atoms with Gasteiger partial charge in [0.2, 0.25) is 0 Å². The van der Waals surface area contributed by atoms with E-state index in [0.29, 0.717) is 0 Å².